The Labute approximate surface area is 123 Å². The zero-order valence-electron chi connectivity index (χ0n) is 11.5. The maximum absolute atomic E-state index is 11.8. The van der Waals surface area contributed by atoms with Gasteiger partial charge in [0.05, 0.1) is 7.11 Å². The van der Waals surface area contributed by atoms with Crippen molar-refractivity contribution >= 4 is 23.5 Å². The minimum Gasteiger partial charge on any atom is -0.481 e. The molecule has 0 saturated carbocycles. The van der Waals surface area contributed by atoms with Crippen molar-refractivity contribution in [1.82, 2.24) is 5.32 Å². The Morgan fingerprint density at radius 3 is 2.80 bits per heavy atom. The van der Waals surface area contributed by atoms with Gasteiger partial charge in [-0.2, -0.15) is 0 Å². The molecule has 1 N–H and O–H groups in total. The molecule has 1 rings (SSSR count). The summed E-state index contributed by atoms with van der Waals surface area (Å²) in [5, 5.41) is 3.24. The number of amides is 1. The zero-order chi connectivity index (χ0) is 15.0. The van der Waals surface area contributed by atoms with E-state index in [1.54, 1.807) is 31.2 Å². The standard InChI is InChI=1S/C14H18ClNO4/c1-10(20-12-6-3-5-11(15)9-12)14(18)16-8-4-7-13(17)19-2/h3,5-6,9-10H,4,7-8H2,1-2H3,(H,16,18). The maximum atomic E-state index is 11.8. The van der Waals surface area contributed by atoms with Gasteiger partial charge in [0.15, 0.2) is 6.10 Å². The monoisotopic (exact) mass is 299 g/mol. The van der Waals surface area contributed by atoms with Crippen molar-refractivity contribution in [3.05, 3.63) is 29.3 Å². The van der Waals surface area contributed by atoms with E-state index in [0.717, 1.165) is 0 Å². The van der Waals surface area contributed by atoms with Crippen molar-refractivity contribution in [3.8, 4) is 5.75 Å². The summed E-state index contributed by atoms with van der Waals surface area (Å²) >= 11 is 5.83. The van der Waals surface area contributed by atoms with Gasteiger partial charge in [-0.15, -0.1) is 0 Å². The van der Waals surface area contributed by atoms with Crippen LogP contribution in [0, 0.1) is 0 Å². The van der Waals surface area contributed by atoms with Crippen molar-refractivity contribution < 1.29 is 19.1 Å². The summed E-state index contributed by atoms with van der Waals surface area (Å²) in [7, 11) is 1.34. The normalized spacial score (nSPS) is 11.6. The third-order valence-corrected chi connectivity index (χ3v) is 2.80. The fourth-order valence-electron chi connectivity index (χ4n) is 1.49. The predicted octanol–water partition coefficient (Wildman–Crippen LogP) is 2.18. The highest BCUT2D eigenvalue weighted by molar-refractivity contribution is 6.30. The molecule has 0 spiro atoms. The molecular formula is C14H18ClNO4. The molecule has 0 aromatic heterocycles. The summed E-state index contributed by atoms with van der Waals surface area (Å²) in [6, 6.07) is 6.85. The Morgan fingerprint density at radius 1 is 1.40 bits per heavy atom. The van der Waals surface area contributed by atoms with Crippen LogP contribution in [0.1, 0.15) is 19.8 Å². The minimum absolute atomic E-state index is 0.241. The lowest BCUT2D eigenvalue weighted by Gasteiger charge is -2.14. The molecule has 0 fully saturated rings. The Hall–Kier alpha value is -1.75. The Kier molecular flexibility index (Phi) is 6.87. The van der Waals surface area contributed by atoms with E-state index >= 15 is 0 Å². The van der Waals surface area contributed by atoms with Crippen molar-refractivity contribution in [3.63, 3.8) is 0 Å². The minimum atomic E-state index is -0.633. The highest BCUT2D eigenvalue weighted by Gasteiger charge is 2.14. The van der Waals surface area contributed by atoms with Gasteiger partial charge in [-0.05, 0) is 31.5 Å². The first kappa shape index (κ1) is 16.3. The lowest BCUT2D eigenvalue weighted by Crippen LogP contribution is -2.36. The Bertz CT molecular complexity index is 464. The number of hydrogen-bond acceptors (Lipinski definition) is 4. The number of hydrogen-bond donors (Lipinski definition) is 1. The molecule has 0 aliphatic rings. The van der Waals surface area contributed by atoms with E-state index in [2.05, 4.69) is 10.1 Å². The van der Waals surface area contributed by atoms with Gasteiger partial charge < -0.3 is 14.8 Å². The molecule has 0 radical (unpaired) electrons. The molecule has 1 aromatic carbocycles. The first-order chi connectivity index (χ1) is 9.52. The van der Waals surface area contributed by atoms with Crippen LogP contribution < -0.4 is 10.1 Å². The molecule has 1 amide bonds. The van der Waals surface area contributed by atoms with Gasteiger partial charge in [0.1, 0.15) is 5.75 Å². The first-order valence-electron chi connectivity index (χ1n) is 6.29. The number of carbonyl (C=O) groups excluding carboxylic acids is 2. The van der Waals surface area contributed by atoms with E-state index in [-0.39, 0.29) is 18.3 Å². The number of halogens is 1. The van der Waals surface area contributed by atoms with E-state index in [9.17, 15) is 9.59 Å². The lowest BCUT2D eigenvalue weighted by atomic mass is 10.3. The van der Waals surface area contributed by atoms with Crippen LogP contribution in [0.2, 0.25) is 5.02 Å². The highest BCUT2D eigenvalue weighted by atomic mass is 35.5. The smallest absolute Gasteiger partial charge is 0.305 e. The second-order valence-electron chi connectivity index (χ2n) is 4.19. The quantitative estimate of drug-likeness (QED) is 0.619. The topological polar surface area (TPSA) is 64.6 Å². The van der Waals surface area contributed by atoms with Crippen LogP contribution in [0.25, 0.3) is 0 Å². The maximum Gasteiger partial charge on any atom is 0.305 e. The van der Waals surface area contributed by atoms with Gasteiger partial charge in [-0.1, -0.05) is 17.7 Å². The summed E-state index contributed by atoms with van der Waals surface area (Å²) in [4.78, 5) is 22.7. The molecule has 0 heterocycles. The summed E-state index contributed by atoms with van der Waals surface area (Å²) in [6.07, 6.45) is 0.175. The third kappa shape index (κ3) is 5.93. The highest BCUT2D eigenvalue weighted by Crippen LogP contribution is 2.18. The van der Waals surface area contributed by atoms with Crippen LogP contribution in [0.5, 0.6) is 5.75 Å². The van der Waals surface area contributed by atoms with Crippen LogP contribution in [-0.4, -0.2) is 31.6 Å². The predicted molar refractivity (Wildman–Crippen MR) is 75.8 cm³/mol. The van der Waals surface area contributed by atoms with Crippen LogP contribution in [0.3, 0.4) is 0 Å². The molecule has 1 atom stereocenters. The van der Waals surface area contributed by atoms with E-state index in [4.69, 9.17) is 16.3 Å². The zero-order valence-corrected chi connectivity index (χ0v) is 12.3. The average Bonchev–Trinajstić information content (AvgIpc) is 2.42. The molecule has 6 heteroatoms. The number of carbonyl (C=O) groups is 2. The molecule has 110 valence electrons. The van der Waals surface area contributed by atoms with Gasteiger partial charge in [0.25, 0.3) is 5.91 Å². The summed E-state index contributed by atoms with van der Waals surface area (Å²) in [5.74, 6) is 0.00651. The lowest BCUT2D eigenvalue weighted by molar-refractivity contribution is -0.140. The van der Waals surface area contributed by atoms with Gasteiger partial charge in [0.2, 0.25) is 0 Å². The summed E-state index contributed by atoms with van der Waals surface area (Å²) in [6.45, 7) is 2.05. The molecule has 1 unspecified atom stereocenters. The molecule has 0 saturated heterocycles. The fourth-order valence-corrected chi connectivity index (χ4v) is 1.67. The van der Waals surface area contributed by atoms with Crippen molar-refractivity contribution in [2.75, 3.05) is 13.7 Å². The first-order valence-corrected chi connectivity index (χ1v) is 6.67. The number of ether oxygens (including phenoxy) is 2. The average molecular weight is 300 g/mol. The Morgan fingerprint density at radius 2 is 2.15 bits per heavy atom. The van der Waals surface area contributed by atoms with Crippen molar-refractivity contribution in [2.45, 2.75) is 25.9 Å². The van der Waals surface area contributed by atoms with Crippen molar-refractivity contribution in [1.29, 1.82) is 0 Å². The van der Waals surface area contributed by atoms with E-state index < -0.39 is 6.10 Å². The number of nitrogens with one attached hydrogen (secondary N) is 1. The number of methoxy groups -OCH3 is 1. The number of rotatable bonds is 7. The summed E-state index contributed by atoms with van der Waals surface area (Å²) < 4.78 is 9.97. The molecule has 0 bridgehead atoms. The fraction of sp³-hybridized carbons (Fsp3) is 0.429. The van der Waals surface area contributed by atoms with Crippen LogP contribution in [-0.2, 0) is 14.3 Å². The summed E-state index contributed by atoms with van der Waals surface area (Å²) in [5.41, 5.74) is 0. The van der Waals surface area contributed by atoms with E-state index in [1.165, 1.54) is 7.11 Å². The Balaban J connectivity index is 2.30. The van der Waals surface area contributed by atoms with Crippen LogP contribution >= 0.6 is 11.6 Å². The number of esters is 1. The third-order valence-electron chi connectivity index (χ3n) is 2.56. The molecule has 0 aliphatic heterocycles. The van der Waals surface area contributed by atoms with Gasteiger partial charge >= 0.3 is 5.97 Å². The molecule has 0 aliphatic carbocycles. The van der Waals surface area contributed by atoms with Gasteiger partial charge in [-0.3, -0.25) is 9.59 Å². The second kappa shape index (κ2) is 8.43. The van der Waals surface area contributed by atoms with E-state index in [1.807, 2.05) is 0 Å². The van der Waals surface area contributed by atoms with Gasteiger partial charge in [-0.25, -0.2) is 0 Å². The second-order valence-corrected chi connectivity index (χ2v) is 4.62. The van der Waals surface area contributed by atoms with Gasteiger partial charge in [0, 0.05) is 18.0 Å². The molecule has 5 nitrogen and oxygen atoms in total. The number of benzene rings is 1. The molecular weight excluding hydrogens is 282 g/mol. The molecule has 1 aromatic rings. The van der Waals surface area contributed by atoms with Crippen LogP contribution in [0.15, 0.2) is 24.3 Å². The SMILES string of the molecule is COC(=O)CCCNC(=O)C(C)Oc1cccc(Cl)c1. The van der Waals surface area contributed by atoms with Crippen molar-refractivity contribution in [2.24, 2.45) is 0 Å². The largest absolute Gasteiger partial charge is 0.481 e. The van der Waals surface area contributed by atoms with Crippen LogP contribution in [0.4, 0.5) is 0 Å². The molecule has 20 heavy (non-hydrogen) atoms. The van der Waals surface area contributed by atoms with E-state index in [0.29, 0.717) is 23.7 Å².